The molecule has 0 amide bonds. The molecule has 0 atom stereocenters. The first-order chi connectivity index (χ1) is 6.25. The number of nitrogens with two attached hydrogens (primary N) is 1. The van der Waals surface area contributed by atoms with Gasteiger partial charge in [-0.2, -0.15) is 5.84 Å². The van der Waals surface area contributed by atoms with Gasteiger partial charge in [0.05, 0.1) is 0 Å². The summed E-state index contributed by atoms with van der Waals surface area (Å²) in [6.45, 7) is 2.00. The van der Waals surface area contributed by atoms with Gasteiger partial charge in [-0.3, -0.25) is 4.98 Å². The highest BCUT2D eigenvalue weighted by molar-refractivity contribution is 5.96. The highest BCUT2D eigenvalue weighted by Gasteiger charge is 2.09. The third kappa shape index (κ3) is 2.43. The van der Waals surface area contributed by atoms with Crippen LogP contribution in [0.2, 0.25) is 0 Å². The molecule has 0 aromatic carbocycles. The lowest BCUT2D eigenvalue weighted by molar-refractivity contribution is -0.470. The van der Waals surface area contributed by atoms with Gasteiger partial charge in [-0.15, -0.1) is 0 Å². The number of pyridine rings is 1. The number of nitrogens with zero attached hydrogens (tertiary/aromatic N) is 2. The summed E-state index contributed by atoms with van der Waals surface area (Å²) in [6.07, 6.45) is 4.88. The zero-order chi connectivity index (χ0) is 9.68. The molecule has 4 nitrogen and oxygen atoms in total. The summed E-state index contributed by atoms with van der Waals surface area (Å²) < 4.78 is 0. The third-order valence-corrected chi connectivity index (χ3v) is 1.77. The van der Waals surface area contributed by atoms with Crippen LogP contribution in [-0.2, 0) is 0 Å². The second-order valence-electron chi connectivity index (χ2n) is 2.76. The lowest BCUT2D eigenvalue weighted by Gasteiger charge is -2.03. The Morgan fingerprint density at radius 2 is 2.15 bits per heavy atom. The fourth-order valence-electron chi connectivity index (χ4n) is 1.16. The Balaban J connectivity index is 2.97. The summed E-state index contributed by atoms with van der Waals surface area (Å²) in [5.41, 5.74) is 1.44. The van der Waals surface area contributed by atoms with Crippen LogP contribution < -0.4 is 5.84 Å². The van der Waals surface area contributed by atoms with E-state index in [2.05, 4.69) is 4.98 Å². The molecular weight excluding hydrogens is 166 g/mol. The van der Waals surface area contributed by atoms with E-state index in [4.69, 9.17) is 5.84 Å². The molecule has 70 valence electrons. The van der Waals surface area contributed by atoms with Gasteiger partial charge >= 0.3 is 0 Å². The largest absolute Gasteiger partial charge is 0.596 e. The minimum absolute atomic E-state index is 0.429. The maximum Gasteiger partial charge on any atom is 0.225 e. The van der Waals surface area contributed by atoms with Crippen molar-refractivity contribution in [1.29, 1.82) is 0 Å². The van der Waals surface area contributed by atoms with Crippen molar-refractivity contribution in [1.82, 2.24) is 4.98 Å². The van der Waals surface area contributed by atoms with E-state index in [0.29, 0.717) is 17.0 Å². The van der Waals surface area contributed by atoms with E-state index in [0.717, 1.165) is 12.0 Å². The van der Waals surface area contributed by atoms with E-state index in [9.17, 15) is 5.21 Å². The summed E-state index contributed by atoms with van der Waals surface area (Å²) in [4.78, 5) is 4.30. The van der Waals surface area contributed by atoms with Crippen LogP contribution in [0.3, 0.4) is 0 Å². The van der Waals surface area contributed by atoms with Crippen LogP contribution in [0.5, 0.6) is 0 Å². The zero-order valence-corrected chi connectivity index (χ0v) is 7.60. The summed E-state index contributed by atoms with van der Waals surface area (Å²) in [7, 11) is 0. The smallest absolute Gasteiger partial charge is 0.225 e. The van der Waals surface area contributed by atoms with Crippen molar-refractivity contribution in [2.75, 3.05) is 0 Å². The van der Waals surface area contributed by atoms with Gasteiger partial charge in [-0.25, -0.2) is 0 Å². The minimum atomic E-state index is 0.429. The predicted octanol–water partition coefficient (Wildman–Crippen LogP) is 1.05. The van der Waals surface area contributed by atoms with Crippen molar-refractivity contribution in [3.63, 3.8) is 0 Å². The molecule has 1 heterocycles. The van der Waals surface area contributed by atoms with Gasteiger partial charge in [-0.1, -0.05) is 11.8 Å². The standard InChI is InChI=1S/C9H13N3O/c1-2-3-9(12(10)13)8-4-6-11-7-5-8/h4-7H,2-3,10H2,1H3/b12-9+. The molecule has 0 aliphatic rings. The van der Waals surface area contributed by atoms with Crippen molar-refractivity contribution in [3.05, 3.63) is 35.3 Å². The first-order valence-corrected chi connectivity index (χ1v) is 4.24. The van der Waals surface area contributed by atoms with Gasteiger partial charge in [0.1, 0.15) is 0 Å². The molecule has 0 aliphatic carbocycles. The Kier molecular flexibility index (Phi) is 3.25. The molecule has 0 radical (unpaired) electrons. The fourth-order valence-corrected chi connectivity index (χ4v) is 1.16. The Morgan fingerprint density at radius 3 is 2.62 bits per heavy atom. The lowest BCUT2D eigenvalue weighted by atomic mass is 10.1. The summed E-state index contributed by atoms with van der Waals surface area (Å²) in [5, 5.41) is 11.0. The molecule has 0 saturated heterocycles. The zero-order valence-electron chi connectivity index (χ0n) is 7.60. The van der Waals surface area contributed by atoms with Crippen LogP contribution in [0.1, 0.15) is 25.3 Å². The van der Waals surface area contributed by atoms with Crippen LogP contribution in [0.4, 0.5) is 0 Å². The van der Waals surface area contributed by atoms with Crippen LogP contribution in [0.25, 0.3) is 0 Å². The summed E-state index contributed by atoms with van der Waals surface area (Å²) >= 11 is 0. The molecule has 1 rings (SSSR count). The third-order valence-electron chi connectivity index (χ3n) is 1.77. The number of hydrazine groups is 1. The van der Waals surface area contributed by atoms with E-state index >= 15 is 0 Å². The van der Waals surface area contributed by atoms with Gasteiger partial charge in [0.2, 0.25) is 5.71 Å². The monoisotopic (exact) mass is 179 g/mol. The molecule has 1 aromatic heterocycles. The molecule has 13 heavy (non-hydrogen) atoms. The number of hydrazone groups is 1. The van der Waals surface area contributed by atoms with E-state index < -0.39 is 0 Å². The number of hydrogen-bond acceptors (Lipinski definition) is 3. The Morgan fingerprint density at radius 1 is 1.54 bits per heavy atom. The Bertz CT molecular complexity index is 291. The van der Waals surface area contributed by atoms with Crippen LogP contribution >= 0.6 is 0 Å². The second kappa shape index (κ2) is 4.45. The van der Waals surface area contributed by atoms with E-state index in [-0.39, 0.29) is 0 Å². The molecule has 0 spiro atoms. The van der Waals surface area contributed by atoms with Gasteiger partial charge in [0.15, 0.2) is 0 Å². The van der Waals surface area contributed by atoms with Gasteiger partial charge < -0.3 is 5.21 Å². The second-order valence-corrected chi connectivity index (χ2v) is 2.76. The average molecular weight is 179 g/mol. The Hall–Kier alpha value is -1.58. The minimum Gasteiger partial charge on any atom is -0.596 e. The van der Waals surface area contributed by atoms with Crippen molar-refractivity contribution < 1.29 is 4.85 Å². The predicted molar refractivity (Wildman–Crippen MR) is 51.1 cm³/mol. The SMILES string of the molecule is CCC/C(c1ccncc1)=[N+](/N)[O-]. The first-order valence-electron chi connectivity index (χ1n) is 4.24. The number of aromatic nitrogens is 1. The maximum atomic E-state index is 11.0. The van der Waals surface area contributed by atoms with Crippen LogP contribution in [0.15, 0.2) is 24.5 Å². The molecular formula is C9H13N3O. The highest BCUT2D eigenvalue weighted by Crippen LogP contribution is 2.03. The lowest BCUT2D eigenvalue weighted by Crippen LogP contribution is -2.22. The molecule has 1 aromatic rings. The normalized spacial score (nSPS) is 12.4. The van der Waals surface area contributed by atoms with Gasteiger partial charge in [0, 0.05) is 24.4 Å². The molecule has 0 bridgehead atoms. The summed E-state index contributed by atoms with van der Waals surface area (Å²) in [6, 6.07) is 3.56. The van der Waals surface area contributed by atoms with Crippen molar-refractivity contribution in [3.8, 4) is 0 Å². The Labute approximate surface area is 77.3 Å². The van der Waals surface area contributed by atoms with Crippen molar-refractivity contribution in [2.24, 2.45) is 5.84 Å². The topological polar surface area (TPSA) is 65.0 Å². The molecule has 0 saturated carbocycles. The van der Waals surface area contributed by atoms with Crippen molar-refractivity contribution >= 4 is 5.71 Å². The maximum absolute atomic E-state index is 11.0. The average Bonchev–Trinajstić information content (AvgIpc) is 2.15. The number of hydrogen-bond donors (Lipinski definition) is 1. The molecule has 0 aliphatic heterocycles. The number of rotatable bonds is 3. The molecule has 4 heteroatoms. The van der Waals surface area contributed by atoms with E-state index in [1.807, 2.05) is 6.92 Å². The molecule has 0 unspecified atom stereocenters. The first kappa shape index (κ1) is 9.51. The molecule has 2 N–H and O–H groups in total. The van der Waals surface area contributed by atoms with Gasteiger partial charge in [-0.05, 0) is 18.6 Å². The quantitative estimate of drug-likeness (QED) is 0.248. The highest BCUT2D eigenvalue weighted by atomic mass is 16.5. The van der Waals surface area contributed by atoms with Crippen LogP contribution in [0, 0.1) is 5.21 Å². The van der Waals surface area contributed by atoms with Gasteiger partial charge in [0.25, 0.3) is 0 Å². The van der Waals surface area contributed by atoms with E-state index in [1.165, 1.54) is 0 Å². The summed E-state index contributed by atoms with van der Waals surface area (Å²) in [5.74, 6) is 5.18. The molecule has 0 fully saturated rings. The van der Waals surface area contributed by atoms with Crippen molar-refractivity contribution in [2.45, 2.75) is 19.8 Å². The fraction of sp³-hybridized carbons (Fsp3) is 0.333. The van der Waals surface area contributed by atoms with E-state index in [1.54, 1.807) is 24.5 Å². The van der Waals surface area contributed by atoms with Crippen LogP contribution in [-0.4, -0.2) is 15.5 Å².